The Morgan fingerprint density at radius 1 is 1.21 bits per heavy atom. The molecule has 0 unspecified atom stereocenters. The molecule has 0 bridgehead atoms. The van der Waals surface area contributed by atoms with E-state index < -0.39 is 10.1 Å². The van der Waals surface area contributed by atoms with Crippen molar-refractivity contribution in [2.75, 3.05) is 6.61 Å². The molecule has 0 fully saturated rings. The van der Waals surface area contributed by atoms with Gasteiger partial charge in [-0.25, -0.2) is 0 Å². The predicted octanol–water partition coefficient (Wildman–Crippen LogP) is 4.22. The van der Waals surface area contributed by atoms with Crippen LogP contribution in [0, 0.1) is 20.8 Å². The van der Waals surface area contributed by atoms with Gasteiger partial charge in [-0.05, 0) is 44.7 Å². The summed E-state index contributed by atoms with van der Waals surface area (Å²) in [5.74, 6) is 0. The second-order valence-electron chi connectivity index (χ2n) is 6.57. The Kier molecular flexibility index (Phi) is 6.61. The van der Waals surface area contributed by atoms with E-state index in [2.05, 4.69) is 13.0 Å². The minimum Gasteiger partial charge on any atom is -0.368 e. The average molecular weight is 352 g/mol. The van der Waals surface area contributed by atoms with Crippen molar-refractivity contribution in [1.29, 1.82) is 0 Å². The summed E-state index contributed by atoms with van der Waals surface area (Å²) in [6.45, 7) is 7.72. The average Bonchev–Trinajstić information content (AvgIpc) is 2.50. The van der Waals surface area contributed by atoms with Gasteiger partial charge in [-0.2, -0.15) is 8.42 Å². The molecule has 1 aliphatic heterocycles. The fourth-order valence-corrected chi connectivity index (χ4v) is 4.56. The number of benzene rings is 1. The topological polar surface area (TPSA) is 52.6 Å². The normalized spacial score (nSPS) is 21.2. The van der Waals surface area contributed by atoms with Crippen LogP contribution in [0.5, 0.6) is 0 Å². The molecule has 4 nitrogen and oxygen atoms in total. The van der Waals surface area contributed by atoms with Crippen molar-refractivity contribution >= 4 is 10.1 Å². The Labute approximate surface area is 146 Å². The van der Waals surface area contributed by atoms with Crippen LogP contribution in [-0.4, -0.2) is 27.2 Å². The standard InChI is InChI=1S/C19H28O4S/c1-5-6-8-17-9-7-10-18(23-17)13-22-24(20,21)19-15(3)11-14(2)12-16(19)4/h7,10-12,17-18H,5-6,8-9,13H2,1-4H3/t17-,18-/m0/s1. The lowest BCUT2D eigenvalue weighted by atomic mass is 10.1. The molecule has 0 saturated carbocycles. The molecule has 1 aromatic rings. The molecule has 0 aromatic heterocycles. The van der Waals surface area contributed by atoms with Crippen LogP contribution in [0.15, 0.2) is 29.2 Å². The van der Waals surface area contributed by atoms with Crippen molar-refractivity contribution in [1.82, 2.24) is 0 Å². The molecule has 1 heterocycles. The third-order valence-corrected chi connectivity index (χ3v) is 5.83. The Morgan fingerprint density at radius 3 is 2.50 bits per heavy atom. The molecule has 0 saturated heterocycles. The van der Waals surface area contributed by atoms with Crippen LogP contribution in [0.3, 0.4) is 0 Å². The van der Waals surface area contributed by atoms with Gasteiger partial charge in [0.2, 0.25) is 0 Å². The van der Waals surface area contributed by atoms with Gasteiger partial charge < -0.3 is 4.74 Å². The molecule has 5 heteroatoms. The van der Waals surface area contributed by atoms with Gasteiger partial charge in [0.15, 0.2) is 0 Å². The molecule has 2 atom stereocenters. The largest absolute Gasteiger partial charge is 0.368 e. The number of hydrogen-bond donors (Lipinski definition) is 0. The quantitative estimate of drug-likeness (QED) is 0.544. The maximum Gasteiger partial charge on any atom is 0.297 e. The van der Waals surface area contributed by atoms with Crippen LogP contribution in [0.4, 0.5) is 0 Å². The summed E-state index contributed by atoms with van der Waals surface area (Å²) >= 11 is 0. The summed E-state index contributed by atoms with van der Waals surface area (Å²) in [7, 11) is -3.79. The first-order valence-corrected chi connectivity index (χ1v) is 10.0. The maximum absolute atomic E-state index is 12.6. The molecular formula is C19H28O4S. The molecule has 2 rings (SSSR count). The molecule has 0 N–H and O–H groups in total. The van der Waals surface area contributed by atoms with E-state index in [4.69, 9.17) is 8.92 Å². The van der Waals surface area contributed by atoms with Gasteiger partial charge >= 0.3 is 0 Å². The second kappa shape index (κ2) is 8.28. The zero-order chi connectivity index (χ0) is 17.7. The van der Waals surface area contributed by atoms with Gasteiger partial charge in [0.05, 0.1) is 17.6 Å². The summed E-state index contributed by atoms with van der Waals surface area (Å²) in [5, 5.41) is 0. The number of rotatable bonds is 7. The fraction of sp³-hybridized carbons (Fsp3) is 0.579. The highest BCUT2D eigenvalue weighted by atomic mass is 32.2. The van der Waals surface area contributed by atoms with Crippen molar-refractivity contribution in [2.24, 2.45) is 0 Å². The zero-order valence-electron chi connectivity index (χ0n) is 15.0. The molecule has 1 aliphatic rings. The summed E-state index contributed by atoms with van der Waals surface area (Å²) in [5.41, 5.74) is 2.48. The van der Waals surface area contributed by atoms with Gasteiger partial charge in [0.25, 0.3) is 10.1 Å². The van der Waals surface area contributed by atoms with Gasteiger partial charge in [-0.15, -0.1) is 0 Å². The minimum atomic E-state index is -3.79. The molecular weight excluding hydrogens is 324 g/mol. The molecule has 0 spiro atoms. The van der Waals surface area contributed by atoms with Crippen molar-refractivity contribution in [3.8, 4) is 0 Å². The molecule has 0 amide bonds. The second-order valence-corrected chi connectivity index (χ2v) is 8.12. The first kappa shape index (κ1) is 19.2. The van der Waals surface area contributed by atoms with E-state index in [-0.39, 0.29) is 23.7 Å². The van der Waals surface area contributed by atoms with Crippen LogP contribution in [0.1, 0.15) is 49.3 Å². The Morgan fingerprint density at radius 2 is 1.88 bits per heavy atom. The SMILES string of the molecule is CCCC[C@H]1CC=C[C@@H](COS(=O)(=O)c2c(C)cc(C)cc2C)O1. The van der Waals surface area contributed by atoms with Gasteiger partial charge in [-0.1, -0.05) is 49.6 Å². The highest BCUT2D eigenvalue weighted by Crippen LogP contribution is 2.25. The van der Waals surface area contributed by atoms with Crippen molar-refractivity contribution in [2.45, 2.75) is 70.5 Å². The Bertz CT molecular complexity index is 668. The summed E-state index contributed by atoms with van der Waals surface area (Å²) < 4.78 is 36.4. The molecule has 0 radical (unpaired) electrons. The highest BCUT2D eigenvalue weighted by Gasteiger charge is 2.24. The first-order chi connectivity index (χ1) is 11.3. The Hall–Kier alpha value is -1.17. The van der Waals surface area contributed by atoms with Crippen molar-refractivity contribution < 1.29 is 17.3 Å². The van der Waals surface area contributed by atoms with E-state index in [1.807, 2.05) is 25.1 Å². The number of aryl methyl sites for hydroxylation is 3. The molecule has 1 aromatic carbocycles. The van der Waals surface area contributed by atoms with Crippen LogP contribution >= 0.6 is 0 Å². The molecule has 0 aliphatic carbocycles. The maximum atomic E-state index is 12.6. The zero-order valence-corrected chi connectivity index (χ0v) is 15.9. The van der Waals surface area contributed by atoms with E-state index in [1.165, 1.54) is 0 Å². The van der Waals surface area contributed by atoms with E-state index in [0.29, 0.717) is 11.1 Å². The summed E-state index contributed by atoms with van der Waals surface area (Å²) in [4.78, 5) is 0.274. The van der Waals surface area contributed by atoms with Crippen LogP contribution in [0.2, 0.25) is 0 Å². The lowest BCUT2D eigenvalue weighted by Crippen LogP contribution is -2.29. The summed E-state index contributed by atoms with van der Waals surface area (Å²) in [6.07, 6.45) is 7.95. The van der Waals surface area contributed by atoms with Gasteiger partial charge in [-0.3, -0.25) is 4.18 Å². The van der Waals surface area contributed by atoms with Gasteiger partial charge in [0.1, 0.15) is 6.10 Å². The van der Waals surface area contributed by atoms with Crippen molar-refractivity contribution in [3.63, 3.8) is 0 Å². The lowest BCUT2D eigenvalue weighted by Gasteiger charge is -2.26. The highest BCUT2D eigenvalue weighted by molar-refractivity contribution is 7.86. The van der Waals surface area contributed by atoms with E-state index in [0.717, 1.165) is 31.2 Å². The van der Waals surface area contributed by atoms with Gasteiger partial charge in [0, 0.05) is 0 Å². The lowest BCUT2D eigenvalue weighted by molar-refractivity contribution is -0.0187. The molecule has 24 heavy (non-hydrogen) atoms. The van der Waals surface area contributed by atoms with Crippen LogP contribution < -0.4 is 0 Å². The van der Waals surface area contributed by atoms with E-state index in [1.54, 1.807) is 13.8 Å². The third kappa shape index (κ3) is 4.91. The third-order valence-electron chi connectivity index (χ3n) is 4.24. The van der Waals surface area contributed by atoms with E-state index >= 15 is 0 Å². The number of ether oxygens (including phenoxy) is 1. The number of hydrogen-bond acceptors (Lipinski definition) is 4. The minimum absolute atomic E-state index is 0.0220. The Balaban J connectivity index is 2.03. The predicted molar refractivity (Wildman–Crippen MR) is 95.7 cm³/mol. The number of unbranched alkanes of at least 4 members (excludes halogenated alkanes) is 1. The first-order valence-electron chi connectivity index (χ1n) is 8.63. The van der Waals surface area contributed by atoms with E-state index in [9.17, 15) is 8.42 Å². The van der Waals surface area contributed by atoms with Crippen molar-refractivity contribution in [3.05, 3.63) is 41.0 Å². The smallest absolute Gasteiger partial charge is 0.297 e. The van der Waals surface area contributed by atoms with Crippen LogP contribution in [-0.2, 0) is 19.0 Å². The summed E-state index contributed by atoms with van der Waals surface area (Å²) in [6, 6.07) is 3.72. The molecule has 134 valence electrons. The monoisotopic (exact) mass is 352 g/mol. The van der Waals surface area contributed by atoms with Crippen LogP contribution in [0.25, 0.3) is 0 Å². The fourth-order valence-electron chi connectivity index (χ4n) is 3.22.